The summed E-state index contributed by atoms with van der Waals surface area (Å²) in [5.41, 5.74) is 2.65. The molecule has 2 N–H and O–H groups in total. The van der Waals surface area contributed by atoms with Crippen LogP contribution in [-0.4, -0.2) is 11.0 Å². The lowest BCUT2D eigenvalue weighted by atomic mass is 10.0. The molecule has 1 heterocycles. The minimum atomic E-state index is -0.180. The first-order chi connectivity index (χ1) is 9.15. The highest BCUT2D eigenvalue weighted by Crippen LogP contribution is 2.34. The van der Waals surface area contributed by atoms with Crippen LogP contribution in [0, 0.1) is 0 Å². The number of halogens is 1. The van der Waals surface area contributed by atoms with Gasteiger partial charge in [0.1, 0.15) is 5.75 Å². The molecule has 2 aromatic carbocycles. The van der Waals surface area contributed by atoms with Gasteiger partial charge >= 0.3 is 0 Å². The number of phenolic OH excluding ortho intramolecular Hbond substituents is 1. The second kappa shape index (κ2) is 4.44. The van der Waals surface area contributed by atoms with Crippen molar-refractivity contribution in [3.63, 3.8) is 0 Å². The van der Waals surface area contributed by atoms with Crippen molar-refractivity contribution in [2.75, 3.05) is 5.32 Å². The molecule has 0 radical (unpaired) electrons. The lowest BCUT2D eigenvalue weighted by Crippen LogP contribution is -2.03. The van der Waals surface area contributed by atoms with Crippen LogP contribution < -0.4 is 5.32 Å². The Bertz CT molecular complexity index is 707. The lowest BCUT2D eigenvalue weighted by Gasteiger charge is -2.02. The molecule has 0 aliphatic carbocycles. The third kappa shape index (κ3) is 2.09. The molecule has 3 rings (SSSR count). The van der Waals surface area contributed by atoms with E-state index in [1.54, 1.807) is 18.2 Å². The van der Waals surface area contributed by atoms with Crippen molar-refractivity contribution >= 4 is 34.8 Å². The summed E-state index contributed by atoms with van der Waals surface area (Å²) in [4.78, 5) is 11.9. The topological polar surface area (TPSA) is 49.3 Å². The van der Waals surface area contributed by atoms with Crippen molar-refractivity contribution in [3.05, 3.63) is 58.6 Å². The molecule has 1 aliphatic heterocycles. The van der Waals surface area contributed by atoms with E-state index in [2.05, 4.69) is 5.32 Å². The van der Waals surface area contributed by atoms with Crippen LogP contribution in [0.1, 0.15) is 11.1 Å². The number of benzene rings is 2. The van der Waals surface area contributed by atoms with Crippen LogP contribution in [0.25, 0.3) is 11.6 Å². The van der Waals surface area contributed by atoms with Crippen molar-refractivity contribution in [1.29, 1.82) is 0 Å². The monoisotopic (exact) mass is 271 g/mol. The van der Waals surface area contributed by atoms with E-state index >= 15 is 0 Å². The molecule has 1 amide bonds. The fourth-order valence-electron chi connectivity index (χ4n) is 2.08. The van der Waals surface area contributed by atoms with Crippen LogP contribution in [0.15, 0.2) is 42.5 Å². The molecule has 0 bridgehead atoms. The zero-order valence-corrected chi connectivity index (χ0v) is 10.6. The molecule has 0 unspecified atom stereocenters. The minimum Gasteiger partial charge on any atom is -0.507 e. The Morgan fingerprint density at radius 1 is 1.16 bits per heavy atom. The van der Waals surface area contributed by atoms with Crippen molar-refractivity contribution in [2.45, 2.75) is 0 Å². The van der Waals surface area contributed by atoms with Crippen molar-refractivity contribution in [1.82, 2.24) is 0 Å². The molecular weight excluding hydrogens is 262 g/mol. The summed E-state index contributed by atoms with van der Waals surface area (Å²) in [5.74, 6) is -0.0883. The molecule has 0 saturated carbocycles. The number of phenols is 1. The first-order valence-corrected chi connectivity index (χ1v) is 6.14. The minimum absolute atomic E-state index is 0.0917. The SMILES string of the molecule is O=C1Nc2ccccc2/C1=C\c1cc(Cl)ccc1O. The average Bonchev–Trinajstić information content (AvgIpc) is 2.71. The van der Waals surface area contributed by atoms with Gasteiger partial charge in [0, 0.05) is 27.4 Å². The van der Waals surface area contributed by atoms with E-state index in [-0.39, 0.29) is 11.7 Å². The number of amides is 1. The van der Waals surface area contributed by atoms with Crippen LogP contribution in [0.2, 0.25) is 5.02 Å². The Hall–Kier alpha value is -2.26. The summed E-state index contributed by atoms with van der Waals surface area (Å²) in [6.45, 7) is 0. The number of hydrogen-bond donors (Lipinski definition) is 2. The number of carbonyl (C=O) groups excluding carboxylic acids is 1. The maximum atomic E-state index is 11.9. The largest absolute Gasteiger partial charge is 0.507 e. The lowest BCUT2D eigenvalue weighted by molar-refractivity contribution is -0.110. The van der Waals surface area contributed by atoms with Gasteiger partial charge in [0.15, 0.2) is 0 Å². The Balaban J connectivity index is 2.14. The number of aromatic hydroxyl groups is 1. The summed E-state index contributed by atoms with van der Waals surface area (Å²) >= 11 is 5.90. The average molecular weight is 272 g/mol. The summed E-state index contributed by atoms with van der Waals surface area (Å²) in [6.07, 6.45) is 1.64. The van der Waals surface area contributed by atoms with Gasteiger partial charge in [-0.3, -0.25) is 4.79 Å². The number of para-hydroxylation sites is 1. The second-order valence-corrected chi connectivity index (χ2v) is 4.70. The summed E-state index contributed by atoms with van der Waals surface area (Å²) in [5, 5.41) is 13.1. The quantitative estimate of drug-likeness (QED) is 0.780. The van der Waals surface area contributed by atoms with Gasteiger partial charge in [-0.05, 0) is 30.3 Å². The van der Waals surface area contributed by atoms with Crippen LogP contribution in [0.5, 0.6) is 5.75 Å². The van der Waals surface area contributed by atoms with E-state index in [4.69, 9.17) is 11.6 Å². The molecule has 1 aliphatic rings. The number of nitrogens with one attached hydrogen (secondary N) is 1. The Morgan fingerprint density at radius 3 is 2.79 bits per heavy atom. The Labute approximate surface area is 115 Å². The van der Waals surface area contributed by atoms with E-state index in [0.717, 1.165) is 11.3 Å². The van der Waals surface area contributed by atoms with Crippen molar-refractivity contribution in [3.8, 4) is 5.75 Å². The van der Waals surface area contributed by atoms with Crippen LogP contribution in [-0.2, 0) is 4.79 Å². The predicted octanol–water partition coefficient (Wildman–Crippen LogP) is 3.54. The molecule has 0 spiro atoms. The third-order valence-corrected chi connectivity index (χ3v) is 3.23. The van der Waals surface area contributed by atoms with Crippen molar-refractivity contribution < 1.29 is 9.90 Å². The summed E-state index contributed by atoms with van der Waals surface area (Å²) < 4.78 is 0. The first-order valence-electron chi connectivity index (χ1n) is 5.76. The standard InChI is InChI=1S/C15H10ClNO2/c16-10-5-6-14(18)9(7-10)8-12-11-3-1-2-4-13(11)17-15(12)19/h1-8,18H,(H,17,19)/b12-8+. The van der Waals surface area contributed by atoms with E-state index < -0.39 is 0 Å². The van der Waals surface area contributed by atoms with Gasteiger partial charge in [-0.15, -0.1) is 0 Å². The fourth-order valence-corrected chi connectivity index (χ4v) is 2.26. The van der Waals surface area contributed by atoms with Gasteiger partial charge in [-0.2, -0.15) is 0 Å². The fraction of sp³-hybridized carbons (Fsp3) is 0. The van der Waals surface area contributed by atoms with E-state index in [1.165, 1.54) is 6.07 Å². The zero-order valence-electron chi connectivity index (χ0n) is 9.85. The molecule has 0 saturated heterocycles. The molecular formula is C15H10ClNO2. The highest BCUT2D eigenvalue weighted by Gasteiger charge is 2.23. The highest BCUT2D eigenvalue weighted by molar-refractivity contribution is 6.35. The van der Waals surface area contributed by atoms with E-state index in [1.807, 2.05) is 24.3 Å². The van der Waals surface area contributed by atoms with Gasteiger partial charge in [0.2, 0.25) is 0 Å². The van der Waals surface area contributed by atoms with Crippen LogP contribution >= 0.6 is 11.6 Å². The molecule has 19 heavy (non-hydrogen) atoms. The maximum absolute atomic E-state index is 11.9. The van der Waals surface area contributed by atoms with Gasteiger partial charge in [0.25, 0.3) is 5.91 Å². The smallest absolute Gasteiger partial charge is 0.256 e. The number of hydrogen-bond acceptors (Lipinski definition) is 2. The van der Waals surface area contributed by atoms with E-state index in [9.17, 15) is 9.90 Å². The van der Waals surface area contributed by atoms with Gasteiger partial charge < -0.3 is 10.4 Å². The molecule has 4 heteroatoms. The normalized spacial score (nSPS) is 15.4. The molecule has 0 aromatic heterocycles. The van der Waals surface area contributed by atoms with Gasteiger partial charge in [0.05, 0.1) is 0 Å². The maximum Gasteiger partial charge on any atom is 0.256 e. The summed E-state index contributed by atoms with van der Waals surface area (Å²) in [7, 11) is 0. The van der Waals surface area contributed by atoms with Gasteiger partial charge in [-0.1, -0.05) is 29.8 Å². The van der Waals surface area contributed by atoms with E-state index in [0.29, 0.717) is 16.2 Å². The predicted molar refractivity (Wildman–Crippen MR) is 76.1 cm³/mol. The van der Waals surface area contributed by atoms with Crippen LogP contribution in [0.4, 0.5) is 5.69 Å². The number of carbonyl (C=O) groups is 1. The Kier molecular flexibility index (Phi) is 2.76. The first kappa shape index (κ1) is 11.8. The third-order valence-electron chi connectivity index (χ3n) is 3.00. The number of fused-ring (bicyclic) bond motifs is 1. The molecule has 94 valence electrons. The number of rotatable bonds is 1. The summed E-state index contributed by atoms with van der Waals surface area (Å²) in [6, 6.07) is 12.2. The molecule has 3 nitrogen and oxygen atoms in total. The second-order valence-electron chi connectivity index (χ2n) is 4.26. The van der Waals surface area contributed by atoms with Gasteiger partial charge in [-0.25, -0.2) is 0 Å². The molecule has 0 fully saturated rings. The molecule has 0 atom stereocenters. The highest BCUT2D eigenvalue weighted by atomic mass is 35.5. The van der Waals surface area contributed by atoms with Crippen LogP contribution in [0.3, 0.4) is 0 Å². The number of anilines is 1. The zero-order chi connectivity index (χ0) is 13.4. The van der Waals surface area contributed by atoms with Crippen molar-refractivity contribution in [2.24, 2.45) is 0 Å². The Morgan fingerprint density at radius 2 is 1.95 bits per heavy atom. The molecule has 2 aromatic rings.